The standard InChI is InChI=1S/C22H17N3O2/c1-15-7-12-20-19(13-15)21(14-16-5-3-2-4-6-16)24-22(23-20)17-8-10-18(11-9-17)25(26)27/h2-13H,14H2,1H3. The van der Waals surface area contributed by atoms with Crippen molar-refractivity contribution in [3.63, 3.8) is 0 Å². The molecule has 0 fully saturated rings. The largest absolute Gasteiger partial charge is 0.269 e. The minimum absolute atomic E-state index is 0.0553. The molecule has 0 aliphatic rings. The molecular formula is C22H17N3O2. The molecule has 0 unspecified atom stereocenters. The van der Waals surface area contributed by atoms with Gasteiger partial charge < -0.3 is 0 Å². The molecule has 132 valence electrons. The molecule has 0 aliphatic heterocycles. The summed E-state index contributed by atoms with van der Waals surface area (Å²) < 4.78 is 0. The van der Waals surface area contributed by atoms with Crippen molar-refractivity contribution in [2.75, 3.05) is 0 Å². The van der Waals surface area contributed by atoms with Gasteiger partial charge in [-0.3, -0.25) is 10.1 Å². The summed E-state index contributed by atoms with van der Waals surface area (Å²) in [7, 11) is 0. The first-order valence-corrected chi connectivity index (χ1v) is 8.66. The number of aromatic nitrogens is 2. The Kier molecular flexibility index (Phi) is 4.34. The van der Waals surface area contributed by atoms with Crippen LogP contribution in [0.15, 0.2) is 72.8 Å². The molecule has 0 saturated carbocycles. The Balaban J connectivity index is 1.84. The zero-order valence-corrected chi connectivity index (χ0v) is 14.8. The summed E-state index contributed by atoms with van der Waals surface area (Å²) in [6.07, 6.45) is 0.698. The number of nitrogens with zero attached hydrogens (tertiary/aromatic N) is 3. The van der Waals surface area contributed by atoms with Crippen molar-refractivity contribution in [2.45, 2.75) is 13.3 Å². The molecule has 0 aliphatic carbocycles. The molecule has 0 radical (unpaired) electrons. The maximum Gasteiger partial charge on any atom is 0.269 e. The molecular weight excluding hydrogens is 338 g/mol. The van der Waals surface area contributed by atoms with Crippen molar-refractivity contribution in [3.8, 4) is 11.4 Å². The van der Waals surface area contributed by atoms with E-state index in [1.165, 1.54) is 17.7 Å². The molecule has 0 amide bonds. The molecule has 4 rings (SSSR count). The summed E-state index contributed by atoms with van der Waals surface area (Å²) in [5.41, 5.74) is 4.97. The van der Waals surface area contributed by atoms with E-state index in [0.29, 0.717) is 12.2 Å². The molecule has 4 aromatic rings. The maximum absolute atomic E-state index is 10.9. The molecule has 5 heteroatoms. The second kappa shape index (κ2) is 6.96. The van der Waals surface area contributed by atoms with E-state index in [0.717, 1.165) is 27.7 Å². The highest BCUT2D eigenvalue weighted by Crippen LogP contribution is 2.25. The minimum atomic E-state index is -0.408. The van der Waals surface area contributed by atoms with Gasteiger partial charge >= 0.3 is 0 Å². The van der Waals surface area contributed by atoms with Gasteiger partial charge in [0.15, 0.2) is 5.82 Å². The van der Waals surface area contributed by atoms with Crippen LogP contribution >= 0.6 is 0 Å². The lowest BCUT2D eigenvalue weighted by atomic mass is 10.0. The van der Waals surface area contributed by atoms with E-state index in [-0.39, 0.29) is 5.69 Å². The first-order valence-electron chi connectivity index (χ1n) is 8.66. The van der Waals surface area contributed by atoms with Gasteiger partial charge in [0, 0.05) is 29.5 Å². The van der Waals surface area contributed by atoms with Crippen LogP contribution in [0.4, 0.5) is 5.69 Å². The Morgan fingerprint density at radius 2 is 1.67 bits per heavy atom. The van der Waals surface area contributed by atoms with Gasteiger partial charge in [0.05, 0.1) is 16.1 Å². The number of aryl methyl sites for hydroxylation is 1. The van der Waals surface area contributed by atoms with Gasteiger partial charge in [0.1, 0.15) is 0 Å². The summed E-state index contributed by atoms with van der Waals surface area (Å²) in [6, 6.07) is 22.7. The predicted molar refractivity (Wildman–Crippen MR) is 106 cm³/mol. The summed E-state index contributed by atoms with van der Waals surface area (Å²) in [5.74, 6) is 0.576. The van der Waals surface area contributed by atoms with Crippen molar-refractivity contribution in [2.24, 2.45) is 0 Å². The first-order chi connectivity index (χ1) is 13.1. The van der Waals surface area contributed by atoms with Crippen LogP contribution in [0.3, 0.4) is 0 Å². The van der Waals surface area contributed by atoms with Gasteiger partial charge in [0.2, 0.25) is 0 Å². The van der Waals surface area contributed by atoms with Crippen molar-refractivity contribution in [1.29, 1.82) is 0 Å². The number of non-ortho nitro benzene ring substituents is 1. The van der Waals surface area contributed by atoms with Crippen LogP contribution in [0, 0.1) is 17.0 Å². The van der Waals surface area contributed by atoms with E-state index in [2.05, 4.69) is 30.1 Å². The van der Waals surface area contributed by atoms with Gasteiger partial charge in [-0.25, -0.2) is 9.97 Å². The fourth-order valence-corrected chi connectivity index (χ4v) is 3.09. The van der Waals surface area contributed by atoms with E-state index >= 15 is 0 Å². The fraction of sp³-hybridized carbons (Fsp3) is 0.0909. The quantitative estimate of drug-likeness (QED) is 0.377. The van der Waals surface area contributed by atoms with E-state index in [1.807, 2.05) is 30.3 Å². The van der Waals surface area contributed by atoms with Crippen LogP contribution in [0.1, 0.15) is 16.8 Å². The van der Waals surface area contributed by atoms with Crippen molar-refractivity contribution < 1.29 is 4.92 Å². The topological polar surface area (TPSA) is 68.9 Å². The molecule has 27 heavy (non-hydrogen) atoms. The van der Waals surface area contributed by atoms with Crippen molar-refractivity contribution in [1.82, 2.24) is 9.97 Å². The summed E-state index contributed by atoms with van der Waals surface area (Å²) >= 11 is 0. The zero-order chi connectivity index (χ0) is 18.8. The monoisotopic (exact) mass is 355 g/mol. The smallest absolute Gasteiger partial charge is 0.258 e. The highest BCUT2D eigenvalue weighted by molar-refractivity contribution is 5.84. The number of hydrogen-bond acceptors (Lipinski definition) is 4. The van der Waals surface area contributed by atoms with Gasteiger partial charge in [-0.1, -0.05) is 42.0 Å². The van der Waals surface area contributed by atoms with Gasteiger partial charge in [0.25, 0.3) is 5.69 Å². The predicted octanol–water partition coefficient (Wildman–Crippen LogP) is 5.10. The Labute approximate surface area is 156 Å². The minimum Gasteiger partial charge on any atom is -0.258 e. The molecule has 1 aromatic heterocycles. The highest BCUT2D eigenvalue weighted by atomic mass is 16.6. The lowest BCUT2D eigenvalue weighted by molar-refractivity contribution is -0.384. The van der Waals surface area contributed by atoms with Gasteiger partial charge in [-0.2, -0.15) is 0 Å². The SMILES string of the molecule is Cc1ccc2nc(-c3ccc([N+](=O)[O-])cc3)nc(Cc3ccccc3)c2c1. The second-order valence-corrected chi connectivity index (χ2v) is 6.48. The van der Waals surface area contributed by atoms with E-state index < -0.39 is 4.92 Å². The number of fused-ring (bicyclic) bond motifs is 1. The van der Waals surface area contributed by atoms with E-state index in [4.69, 9.17) is 4.98 Å². The Morgan fingerprint density at radius 1 is 0.926 bits per heavy atom. The zero-order valence-electron chi connectivity index (χ0n) is 14.8. The first kappa shape index (κ1) is 16.8. The van der Waals surface area contributed by atoms with Crippen LogP contribution in [0.5, 0.6) is 0 Å². The molecule has 0 N–H and O–H groups in total. The molecule has 3 aromatic carbocycles. The van der Waals surface area contributed by atoms with Crippen molar-refractivity contribution in [3.05, 3.63) is 99.7 Å². The molecule has 0 bridgehead atoms. The number of hydrogen-bond donors (Lipinski definition) is 0. The lowest BCUT2D eigenvalue weighted by Crippen LogP contribution is -2.00. The third kappa shape index (κ3) is 3.53. The molecule has 0 atom stereocenters. The Hall–Kier alpha value is -3.60. The Morgan fingerprint density at radius 3 is 2.37 bits per heavy atom. The third-order valence-corrected chi connectivity index (χ3v) is 4.48. The van der Waals surface area contributed by atoms with E-state index in [9.17, 15) is 10.1 Å². The van der Waals surface area contributed by atoms with Crippen LogP contribution in [0.25, 0.3) is 22.3 Å². The van der Waals surface area contributed by atoms with Crippen LogP contribution in [-0.2, 0) is 6.42 Å². The number of nitro benzene ring substituents is 1. The number of benzene rings is 3. The van der Waals surface area contributed by atoms with Crippen LogP contribution in [-0.4, -0.2) is 14.9 Å². The second-order valence-electron chi connectivity index (χ2n) is 6.48. The summed E-state index contributed by atoms with van der Waals surface area (Å²) in [6.45, 7) is 2.05. The molecule has 0 spiro atoms. The maximum atomic E-state index is 10.9. The molecule has 0 saturated heterocycles. The van der Waals surface area contributed by atoms with Crippen LogP contribution in [0.2, 0.25) is 0 Å². The highest BCUT2D eigenvalue weighted by Gasteiger charge is 2.12. The summed E-state index contributed by atoms with van der Waals surface area (Å²) in [4.78, 5) is 20.0. The van der Waals surface area contributed by atoms with Gasteiger partial charge in [-0.15, -0.1) is 0 Å². The van der Waals surface area contributed by atoms with Crippen LogP contribution < -0.4 is 0 Å². The summed E-state index contributed by atoms with van der Waals surface area (Å²) in [5, 5.41) is 11.9. The molecule has 1 heterocycles. The normalized spacial score (nSPS) is 10.9. The average Bonchev–Trinajstić information content (AvgIpc) is 2.69. The fourth-order valence-electron chi connectivity index (χ4n) is 3.09. The Bertz CT molecular complexity index is 1120. The number of rotatable bonds is 4. The van der Waals surface area contributed by atoms with Crippen molar-refractivity contribution >= 4 is 16.6 Å². The van der Waals surface area contributed by atoms with Gasteiger partial charge in [-0.05, 0) is 36.8 Å². The lowest BCUT2D eigenvalue weighted by Gasteiger charge is -2.10. The van der Waals surface area contributed by atoms with E-state index in [1.54, 1.807) is 12.1 Å². The number of nitro groups is 1. The average molecular weight is 355 g/mol. The third-order valence-electron chi connectivity index (χ3n) is 4.48. The molecule has 5 nitrogen and oxygen atoms in total.